The summed E-state index contributed by atoms with van der Waals surface area (Å²) in [4.78, 5) is 25.2. The largest absolute Gasteiger partial charge is 0.462 e. The van der Waals surface area contributed by atoms with E-state index in [1.54, 1.807) is 20.2 Å². The maximum absolute atomic E-state index is 12.7. The molecule has 5 heteroatoms. The Kier molecular flexibility index (Phi) is 6.28. The molecule has 0 radical (unpaired) electrons. The Balaban J connectivity index is 1.96. The highest BCUT2D eigenvalue weighted by molar-refractivity contribution is 6.19. The smallest absolute Gasteiger partial charge is 0.338 e. The Labute approximate surface area is 177 Å². The zero-order chi connectivity index (χ0) is 21.9. The third kappa shape index (κ3) is 4.55. The number of nitrogens with zero attached hydrogens (tertiary/aromatic N) is 1. The van der Waals surface area contributed by atoms with E-state index < -0.39 is 11.6 Å². The summed E-state index contributed by atoms with van der Waals surface area (Å²) >= 11 is 0. The lowest BCUT2D eigenvalue weighted by Crippen LogP contribution is -2.23. The molecule has 5 nitrogen and oxygen atoms in total. The number of fused-ring (bicyclic) bond motifs is 1. The van der Waals surface area contributed by atoms with Crippen LogP contribution in [-0.2, 0) is 34.3 Å². The number of esters is 1. The van der Waals surface area contributed by atoms with Gasteiger partial charge < -0.3 is 14.0 Å². The quantitative estimate of drug-likeness (QED) is 0.563. The number of hydrogen-bond acceptors (Lipinski definition) is 4. The first kappa shape index (κ1) is 21.6. The van der Waals surface area contributed by atoms with Gasteiger partial charge in [0.15, 0.2) is 0 Å². The number of rotatable bonds is 5. The van der Waals surface area contributed by atoms with Crippen molar-refractivity contribution < 1.29 is 14.3 Å². The standard InChI is InChI=1S/C25H27NO4/c1-6-29-24(28)21-17(2)14-20-22(21)19(15-26(5)23(20)27)12-13-25(3,4)30-16-18-10-8-7-9-11-18/h7-11,15H,6,14,16H2,1-5H3. The second-order valence-electron chi connectivity index (χ2n) is 7.90. The number of hydrogen-bond donors (Lipinski definition) is 0. The number of ether oxygens (including phenoxy) is 2. The SMILES string of the molecule is CCOC(=O)C1=C(C)Cc2c1c(C#CC(C)(C)OCc1ccccc1)cn(C)c2=O. The summed E-state index contributed by atoms with van der Waals surface area (Å²) in [7, 11) is 1.70. The highest BCUT2D eigenvalue weighted by Gasteiger charge is 2.30. The molecule has 1 aromatic carbocycles. The monoisotopic (exact) mass is 405 g/mol. The predicted octanol–water partition coefficient (Wildman–Crippen LogP) is 3.62. The van der Waals surface area contributed by atoms with E-state index in [0.717, 1.165) is 11.1 Å². The van der Waals surface area contributed by atoms with Crippen molar-refractivity contribution in [2.75, 3.05) is 6.61 Å². The Hall–Kier alpha value is -3.10. The lowest BCUT2D eigenvalue weighted by molar-refractivity contribution is -0.136. The molecule has 2 aromatic rings. The van der Waals surface area contributed by atoms with Crippen molar-refractivity contribution in [2.45, 2.75) is 46.3 Å². The Morgan fingerprint density at radius 2 is 1.93 bits per heavy atom. The minimum Gasteiger partial charge on any atom is -0.462 e. The van der Waals surface area contributed by atoms with Gasteiger partial charge in [-0.05, 0) is 33.3 Å². The summed E-state index contributed by atoms with van der Waals surface area (Å²) in [6, 6.07) is 9.91. The van der Waals surface area contributed by atoms with Crippen LogP contribution in [-0.4, -0.2) is 22.7 Å². The van der Waals surface area contributed by atoms with Crippen molar-refractivity contribution >= 4 is 11.5 Å². The Bertz CT molecular complexity index is 1110. The van der Waals surface area contributed by atoms with E-state index >= 15 is 0 Å². The van der Waals surface area contributed by atoms with Crippen molar-refractivity contribution in [1.29, 1.82) is 0 Å². The molecule has 0 bridgehead atoms. The summed E-state index contributed by atoms with van der Waals surface area (Å²) in [5.74, 6) is 5.91. The van der Waals surface area contributed by atoms with E-state index in [9.17, 15) is 9.59 Å². The van der Waals surface area contributed by atoms with Crippen LogP contribution in [0.1, 0.15) is 49.9 Å². The van der Waals surface area contributed by atoms with Crippen molar-refractivity contribution in [3.05, 3.63) is 74.7 Å². The van der Waals surface area contributed by atoms with E-state index in [2.05, 4.69) is 11.8 Å². The molecule has 0 amide bonds. The molecule has 1 aromatic heterocycles. The van der Waals surface area contributed by atoms with Gasteiger partial charge >= 0.3 is 5.97 Å². The first-order chi connectivity index (χ1) is 14.2. The van der Waals surface area contributed by atoms with Gasteiger partial charge in [-0.1, -0.05) is 47.7 Å². The van der Waals surface area contributed by atoms with Gasteiger partial charge in [0.05, 0.1) is 18.8 Å². The van der Waals surface area contributed by atoms with Gasteiger partial charge in [-0.15, -0.1) is 0 Å². The lowest BCUT2D eigenvalue weighted by atomic mass is 10.00. The zero-order valence-electron chi connectivity index (χ0n) is 18.2. The molecule has 0 unspecified atom stereocenters. The Morgan fingerprint density at radius 1 is 1.23 bits per heavy atom. The van der Waals surface area contributed by atoms with Crippen LogP contribution in [0, 0.1) is 11.8 Å². The van der Waals surface area contributed by atoms with Crippen molar-refractivity contribution in [3.8, 4) is 11.8 Å². The molecule has 0 saturated heterocycles. The topological polar surface area (TPSA) is 57.5 Å². The number of aryl methyl sites for hydroxylation is 1. The summed E-state index contributed by atoms with van der Waals surface area (Å²) < 4.78 is 12.7. The molecule has 0 fully saturated rings. The molecule has 30 heavy (non-hydrogen) atoms. The summed E-state index contributed by atoms with van der Waals surface area (Å²) in [6.45, 7) is 8.14. The van der Waals surface area contributed by atoms with Crippen LogP contribution in [0.15, 0.2) is 46.9 Å². The van der Waals surface area contributed by atoms with Crippen LogP contribution in [0.25, 0.3) is 5.57 Å². The van der Waals surface area contributed by atoms with Crippen LogP contribution in [0.3, 0.4) is 0 Å². The van der Waals surface area contributed by atoms with E-state index in [1.165, 1.54) is 4.57 Å². The number of aromatic nitrogens is 1. The predicted molar refractivity (Wildman–Crippen MR) is 117 cm³/mol. The molecule has 1 aliphatic rings. The maximum atomic E-state index is 12.7. The highest BCUT2D eigenvalue weighted by atomic mass is 16.5. The number of allylic oxidation sites excluding steroid dienone is 1. The molecule has 156 valence electrons. The fraction of sp³-hybridized carbons (Fsp3) is 0.360. The Morgan fingerprint density at radius 3 is 2.60 bits per heavy atom. The average molecular weight is 405 g/mol. The van der Waals surface area contributed by atoms with Crippen molar-refractivity contribution in [3.63, 3.8) is 0 Å². The zero-order valence-corrected chi connectivity index (χ0v) is 18.2. The molecular formula is C25H27NO4. The summed E-state index contributed by atoms with van der Waals surface area (Å²) in [5.41, 5.74) is 3.34. The van der Waals surface area contributed by atoms with E-state index in [-0.39, 0.29) is 12.2 Å². The normalized spacial score (nSPS) is 13.0. The van der Waals surface area contributed by atoms with E-state index in [0.29, 0.717) is 35.3 Å². The summed E-state index contributed by atoms with van der Waals surface area (Å²) in [5, 5.41) is 0. The second-order valence-corrected chi connectivity index (χ2v) is 7.90. The van der Waals surface area contributed by atoms with Gasteiger partial charge in [0.1, 0.15) is 5.60 Å². The third-order valence-corrected chi connectivity index (χ3v) is 5.01. The van der Waals surface area contributed by atoms with E-state index in [1.807, 2.05) is 51.1 Å². The van der Waals surface area contributed by atoms with Crippen molar-refractivity contribution in [1.82, 2.24) is 4.57 Å². The van der Waals surface area contributed by atoms with E-state index in [4.69, 9.17) is 9.47 Å². The molecule has 0 saturated carbocycles. The average Bonchev–Trinajstić information content (AvgIpc) is 3.07. The number of pyridine rings is 1. The van der Waals surface area contributed by atoms with Gasteiger partial charge in [0.25, 0.3) is 5.56 Å². The van der Waals surface area contributed by atoms with Crippen LogP contribution in [0.5, 0.6) is 0 Å². The first-order valence-electron chi connectivity index (χ1n) is 10.0. The molecule has 1 heterocycles. The van der Waals surface area contributed by atoms with Gasteiger partial charge in [-0.25, -0.2) is 4.79 Å². The van der Waals surface area contributed by atoms with Gasteiger partial charge in [0, 0.05) is 36.4 Å². The first-order valence-corrected chi connectivity index (χ1v) is 10.0. The third-order valence-electron chi connectivity index (χ3n) is 5.01. The van der Waals surface area contributed by atoms with Gasteiger partial charge in [-0.3, -0.25) is 4.79 Å². The van der Waals surface area contributed by atoms with Crippen LogP contribution in [0.4, 0.5) is 0 Å². The highest BCUT2D eigenvalue weighted by Crippen LogP contribution is 2.34. The van der Waals surface area contributed by atoms with Crippen LogP contribution < -0.4 is 5.56 Å². The van der Waals surface area contributed by atoms with Crippen LogP contribution in [0.2, 0.25) is 0 Å². The number of benzene rings is 1. The number of carbonyl (C=O) groups excluding carboxylic acids is 1. The molecule has 1 aliphatic carbocycles. The molecule has 3 rings (SSSR count). The number of carbonyl (C=O) groups is 1. The minimum atomic E-state index is -0.709. The lowest BCUT2D eigenvalue weighted by Gasteiger charge is -2.19. The fourth-order valence-corrected chi connectivity index (χ4v) is 3.48. The van der Waals surface area contributed by atoms with Crippen LogP contribution >= 0.6 is 0 Å². The van der Waals surface area contributed by atoms with Crippen molar-refractivity contribution in [2.24, 2.45) is 7.05 Å². The minimum absolute atomic E-state index is 0.117. The molecule has 0 atom stereocenters. The molecule has 0 N–H and O–H groups in total. The fourth-order valence-electron chi connectivity index (χ4n) is 3.48. The molecular weight excluding hydrogens is 378 g/mol. The maximum Gasteiger partial charge on any atom is 0.338 e. The second kappa shape index (κ2) is 8.73. The van der Waals surface area contributed by atoms with Gasteiger partial charge in [0.2, 0.25) is 0 Å². The summed E-state index contributed by atoms with van der Waals surface area (Å²) in [6.07, 6.45) is 2.11. The molecule has 0 spiro atoms. The van der Waals surface area contributed by atoms with Gasteiger partial charge in [-0.2, -0.15) is 0 Å². The molecule has 0 aliphatic heterocycles.